The van der Waals surface area contributed by atoms with Crippen LogP contribution in [-0.4, -0.2) is 4.57 Å². The highest BCUT2D eigenvalue weighted by molar-refractivity contribution is 6.16. The lowest BCUT2D eigenvalue weighted by molar-refractivity contribution is 0.762. The van der Waals surface area contributed by atoms with E-state index in [1.807, 2.05) is 0 Å². The molecule has 12 rings (SSSR count). The summed E-state index contributed by atoms with van der Waals surface area (Å²) in [7, 11) is 0. The predicted octanol–water partition coefficient (Wildman–Crippen LogP) is 17.4. The van der Waals surface area contributed by atoms with Gasteiger partial charge in [-0.1, -0.05) is 189 Å². The number of fused-ring (bicyclic) bond motifs is 6. The molecule has 1 aromatic heterocycles. The van der Waals surface area contributed by atoms with Crippen LogP contribution in [0, 0.1) is 5.92 Å². The number of nitrogens with zero attached hydrogens (tertiary/aromatic N) is 2. The van der Waals surface area contributed by atoms with E-state index in [4.69, 9.17) is 0 Å². The molecule has 308 valence electrons. The van der Waals surface area contributed by atoms with Gasteiger partial charge in [0.05, 0.1) is 16.7 Å². The van der Waals surface area contributed by atoms with Crippen molar-refractivity contribution in [1.82, 2.24) is 4.57 Å². The van der Waals surface area contributed by atoms with Crippen molar-refractivity contribution in [1.29, 1.82) is 0 Å². The average molecular weight is 831 g/mol. The maximum Gasteiger partial charge on any atom is 0.0547 e. The third-order valence-corrected chi connectivity index (χ3v) is 13.4. The molecule has 0 aliphatic heterocycles. The Morgan fingerprint density at radius 3 is 1.83 bits per heavy atom. The van der Waals surface area contributed by atoms with Gasteiger partial charge in [0.2, 0.25) is 0 Å². The van der Waals surface area contributed by atoms with Gasteiger partial charge in [-0.3, -0.25) is 0 Å². The third-order valence-electron chi connectivity index (χ3n) is 13.4. The van der Waals surface area contributed by atoms with Gasteiger partial charge in [-0.25, -0.2) is 0 Å². The molecule has 11 aromatic rings. The molecule has 0 amide bonds. The standard InChI is InChI=1S/C63H46N2/c1-43-33-34-49(41-59(43)57-30-16-32-61-63(57)58-29-12-13-31-60(58)65(61)51-23-6-3-7-24-51)48-22-15-25-53(40-48)64(62-42-50-19-8-9-26-54(50)55-27-10-11-28-56(55)62)52-37-35-45(36-38-52)47-21-14-20-46(39-47)44-17-4-2-5-18-44/h2-32,34-43H,33H2,1H3. The molecule has 1 aliphatic carbocycles. The molecule has 0 spiro atoms. The Kier molecular flexibility index (Phi) is 9.57. The highest BCUT2D eigenvalue weighted by atomic mass is 15.1. The molecule has 10 aromatic carbocycles. The molecule has 2 nitrogen and oxygen atoms in total. The summed E-state index contributed by atoms with van der Waals surface area (Å²) in [6.45, 7) is 2.37. The number of benzene rings is 10. The lowest BCUT2D eigenvalue weighted by Gasteiger charge is -2.28. The van der Waals surface area contributed by atoms with Crippen LogP contribution in [0.1, 0.15) is 24.5 Å². The average Bonchev–Trinajstić information content (AvgIpc) is 3.72. The van der Waals surface area contributed by atoms with Crippen molar-refractivity contribution in [3.63, 3.8) is 0 Å². The molecule has 0 N–H and O–H groups in total. The maximum absolute atomic E-state index is 2.46. The van der Waals surface area contributed by atoms with E-state index in [2.05, 4.69) is 259 Å². The first-order valence-electron chi connectivity index (χ1n) is 22.7. The molecule has 65 heavy (non-hydrogen) atoms. The molecule has 2 heteroatoms. The number of hydrogen-bond donors (Lipinski definition) is 0. The molecule has 1 unspecified atom stereocenters. The summed E-state index contributed by atoms with van der Waals surface area (Å²) >= 11 is 0. The Hall–Kier alpha value is -8.20. The van der Waals surface area contributed by atoms with Gasteiger partial charge in [0.25, 0.3) is 0 Å². The number of anilines is 3. The zero-order valence-corrected chi connectivity index (χ0v) is 36.3. The van der Waals surface area contributed by atoms with Crippen LogP contribution in [0.2, 0.25) is 0 Å². The van der Waals surface area contributed by atoms with Crippen LogP contribution in [0.5, 0.6) is 0 Å². The lowest BCUT2D eigenvalue weighted by atomic mass is 9.82. The number of hydrogen-bond acceptors (Lipinski definition) is 1. The first kappa shape index (κ1) is 38.5. The van der Waals surface area contributed by atoms with Crippen molar-refractivity contribution in [2.45, 2.75) is 13.3 Å². The molecule has 1 aliphatic rings. The minimum absolute atomic E-state index is 0.360. The van der Waals surface area contributed by atoms with Gasteiger partial charge in [-0.05, 0) is 134 Å². The highest BCUT2D eigenvalue weighted by Gasteiger charge is 2.23. The molecule has 0 fully saturated rings. The number of allylic oxidation sites excluding steroid dienone is 4. The molecular formula is C63H46N2. The summed E-state index contributed by atoms with van der Waals surface area (Å²) in [6, 6.07) is 84.2. The van der Waals surface area contributed by atoms with Gasteiger partial charge in [-0.2, -0.15) is 0 Å². The zero-order valence-electron chi connectivity index (χ0n) is 36.3. The largest absolute Gasteiger partial charge is 0.310 e. The van der Waals surface area contributed by atoms with Crippen molar-refractivity contribution in [2.75, 3.05) is 4.90 Å². The molecular weight excluding hydrogens is 785 g/mol. The van der Waals surface area contributed by atoms with E-state index in [1.165, 1.54) is 93.6 Å². The van der Waals surface area contributed by atoms with Gasteiger partial charge < -0.3 is 9.47 Å². The maximum atomic E-state index is 2.46. The second-order valence-corrected chi connectivity index (χ2v) is 17.3. The van der Waals surface area contributed by atoms with Crippen molar-refractivity contribution in [3.05, 3.63) is 254 Å². The summed E-state index contributed by atoms with van der Waals surface area (Å²) in [4.78, 5) is 2.46. The minimum atomic E-state index is 0.360. The van der Waals surface area contributed by atoms with Gasteiger partial charge >= 0.3 is 0 Å². The zero-order chi connectivity index (χ0) is 43.3. The fourth-order valence-corrected chi connectivity index (χ4v) is 10.2. The molecule has 0 radical (unpaired) electrons. The molecule has 1 heterocycles. The van der Waals surface area contributed by atoms with E-state index in [9.17, 15) is 0 Å². The van der Waals surface area contributed by atoms with Crippen LogP contribution in [0.15, 0.2) is 243 Å². The number of para-hydroxylation sites is 2. The van der Waals surface area contributed by atoms with E-state index < -0.39 is 0 Å². The van der Waals surface area contributed by atoms with Crippen LogP contribution in [0.3, 0.4) is 0 Å². The number of rotatable bonds is 8. The lowest BCUT2D eigenvalue weighted by Crippen LogP contribution is -2.11. The van der Waals surface area contributed by atoms with Crippen molar-refractivity contribution < 1.29 is 0 Å². The molecule has 0 saturated carbocycles. The van der Waals surface area contributed by atoms with E-state index in [1.54, 1.807) is 0 Å². The second kappa shape index (κ2) is 16.2. The normalized spacial score (nSPS) is 13.9. The fraction of sp³-hybridized carbons (Fsp3) is 0.0476. The SMILES string of the molecule is CC1CC=C(c2cccc(N(c3ccc(-c4cccc(-c5ccccc5)c4)cc3)c3cc4ccccc4c4ccccc34)c2)C=C1c1cccc2c1c1ccccc1n2-c1ccccc1. The monoisotopic (exact) mass is 830 g/mol. The summed E-state index contributed by atoms with van der Waals surface area (Å²) in [5, 5.41) is 7.53. The molecule has 1 atom stereocenters. The van der Waals surface area contributed by atoms with Crippen molar-refractivity contribution in [3.8, 4) is 27.9 Å². The van der Waals surface area contributed by atoms with Crippen LogP contribution >= 0.6 is 0 Å². The van der Waals surface area contributed by atoms with E-state index in [-0.39, 0.29) is 0 Å². The summed E-state index contributed by atoms with van der Waals surface area (Å²) in [5.74, 6) is 0.360. The Labute approximate surface area is 380 Å². The third kappa shape index (κ3) is 6.83. The van der Waals surface area contributed by atoms with Crippen LogP contribution in [0.4, 0.5) is 17.1 Å². The highest BCUT2D eigenvalue weighted by Crippen LogP contribution is 2.45. The quantitative estimate of drug-likeness (QED) is 0.139. The van der Waals surface area contributed by atoms with Gasteiger partial charge in [0.15, 0.2) is 0 Å². The van der Waals surface area contributed by atoms with E-state index in [0.717, 1.165) is 23.5 Å². The predicted molar refractivity (Wildman–Crippen MR) is 278 cm³/mol. The van der Waals surface area contributed by atoms with Gasteiger partial charge in [0.1, 0.15) is 0 Å². The Bertz CT molecular complexity index is 3630. The topological polar surface area (TPSA) is 8.17 Å². The smallest absolute Gasteiger partial charge is 0.0547 e. The van der Waals surface area contributed by atoms with Crippen LogP contribution in [-0.2, 0) is 0 Å². The van der Waals surface area contributed by atoms with E-state index in [0.29, 0.717) is 5.92 Å². The summed E-state index contributed by atoms with van der Waals surface area (Å²) < 4.78 is 2.42. The van der Waals surface area contributed by atoms with E-state index >= 15 is 0 Å². The first-order valence-corrected chi connectivity index (χ1v) is 22.7. The van der Waals surface area contributed by atoms with Crippen LogP contribution < -0.4 is 4.90 Å². The summed E-state index contributed by atoms with van der Waals surface area (Å²) in [5.41, 5.74) is 17.0. The summed E-state index contributed by atoms with van der Waals surface area (Å²) in [6.07, 6.45) is 5.87. The fourth-order valence-electron chi connectivity index (χ4n) is 10.2. The van der Waals surface area contributed by atoms with Crippen molar-refractivity contribution in [2.24, 2.45) is 5.92 Å². The number of aromatic nitrogens is 1. The second-order valence-electron chi connectivity index (χ2n) is 17.3. The van der Waals surface area contributed by atoms with Crippen LogP contribution in [0.25, 0.3) is 82.4 Å². The molecule has 0 saturated heterocycles. The Balaban J connectivity index is 0.987. The first-order chi connectivity index (χ1) is 32.2. The Morgan fingerprint density at radius 2 is 1.03 bits per heavy atom. The van der Waals surface area contributed by atoms with Gasteiger partial charge in [-0.15, -0.1) is 0 Å². The van der Waals surface area contributed by atoms with Gasteiger partial charge in [0, 0.05) is 33.2 Å². The minimum Gasteiger partial charge on any atom is -0.310 e. The van der Waals surface area contributed by atoms with Crippen molar-refractivity contribution >= 4 is 71.6 Å². The molecule has 0 bridgehead atoms. The Morgan fingerprint density at radius 1 is 0.431 bits per heavy atom.